The summed E-state index contributed by atoms with van der Waals surface area (Å²) in [5, 5.41) is 10.5. The first-order valence-corrected chi connectivity index (χ1v) is 33.6. The zero-order chi connectivity index (χ0) is 64.2. The molecule has 2 aliphatic carbocycles. The van der Waals surface area contributed by atoms with Gasteiger partial charge in [-0.25, -0.2) is 0 Å². The lowest BCUT2D eigenvalue weighted by Crippen LogP contribution is -2.15. The molecule has 13 aromatic carbocycles. The Morgan fingerprint density at radius 1 is 0.426 bits per heavy atom. The van der Waals surface area contributed by atoms with Crippen molar-refractivity contribution in [3.8, 4) is 44.5 Å². The van der Waals surface area contributed by atoms with Gasteiger partial charge in [0.15, 0.2) is 0 Å². The lowest BCUT2D eigenvalue weighted by Gasteiger charge is -2.25. The molecule has 0 unspecified atom stereocenters. The van der Waals surface area contributed by atoms with Crippen LogP contribution in [0.3, 0.4) is 0 Å². The summed E-state index contributed by atoms with van der Waals surface area (Å²) >= 11 is 1.80. The highest BCUT2D eigenvalue weighted by Gasteiger charge is 2.38. The number of aryl methyl sites for hydroxylation is 3. The Balaban J connectivity index is 0.000000315. The Bertz CT molecular complexity index is 5640. The van der Waals surface area contributed by atoms with Crippen LogP contribution in [-0.2, 0) is 12.1 Å². The predicted octanol–water partition coefficient (Wildman–Crippen LogP) is 23.7. The van der Waals surface area contributed by atoms with Gasteiger partial charge in [0.1, 0.15) is 6.67 Å². The fourth-order valence-corrected chi connectivity index (χ4v) is 15.4. The van der Waals surface area contributed by atoms with Crippen molar-refractivity contribution in [1.82, 2.24) is 8.97 Å². The number of aliphatic imine (C=N–C) groups is 2. The summed E-state index contributed by atoms with van der Waals surface area (Å²) in [6.45, 7) is 14.8. The van der Waals surface area contributed by atoms with E-state index in [2.05, 4.69) is 347 Å². The van der Waals surface area contributed by atoms with Gasteiger partial charge >= 0.3 is 0 Å². The summed E-state index contributed by atoms with van der Waals surface area (Å²) in [6, 6.07) is 102. The van der Waals surface area contributed by atoms with Crippen molar-refractivity contribution < 1.29 is 0 Å². The van der Waals surface area contributed by atoms with Gasteiger partial charge in [0.05, 0.1) is 33.3 Å². The van der Waals surface area contributed by atoms with E-state index in [4.69, 9.17) is 4.99 Å². The van der Waals surface area contributed by atoms with Crippen molar-refractivity contribution in [2.24, 2.45) is 9.98 Å². The molecule has 0 radical (unpaired) electrons. The number of hydrogen-bond donors (Lipinski definition) is 0. The van der Waals surface area contributed by atoms with Crippen molar-refractivity contribution in [2.45, 2.75) is 51.6 Å². The molecule has 0 N–H and O–H groups in total. The van der Waals surface area contributed by atoms with E-state index < -0.39 is 0 Å². The smallest absolute Gasteiger partial charge is 0.115 e. The van der Waals surface area contributed by atoms with E-state index in [-0.39, 0.29) is 5.41 Å². The van der Waals surface area contributed by atoms with Crippen molar-refractivity contribution >= 4 is 107 Å². The highest BCUT2D eigenvalue weighted by molar-refractivity contribution is 7.98. The number of aromatic nitrogens is 2. The molecular formula is C89H72N4S. The van der Waals surface area contributed by atoms with E-state index in [1.165, 1.54) is 153 Å². The molecule has 94 heavy (non-hydrogen) atoms. The van der Waals surface area contributed by atoms with Crippen LogP contribution in [0.15, 0.2) is 294 Å². The SMILES string of the molecule is C=NC.CC1(C)c2cc(-c3ccc(-c4ccc5c(c4)c4ccccc4n5C/N=C4\C(=C\c5ccccc5)c5ccccc5-c5ccccc54)cc3)ccc2-c2ccc3ccc4c(c5cccc6c7ccccc7n4c65)c3c21.CSc1ccccc1C.Cc1ccccc1C. The lowest BCUT2D eigenvalue weighted by molar-refractivity contribution is 0.667. The number of rotatable bonds is 6. The monoisotopic (exact) mass is 1230 g/mol. The Labute approximate surface area is 554 Å². The molecule has 454 valence electrons. The highest BCUT2D eigenvalue weighted by atomic mass is 32.2. The molecule has 2 aliphatic rings. The molecule has 5 heteroatoms. The fourth-order valence-electron chi connectivity index (χ4n) is 14.8. The minimum absolute atomic E-state index is 0.212. The summed E-state index contributed by atoms with van der Waals surface area (Å²) in [5.74, 6) is 0. The molecule has 0 aliphatic heterocycles. The third kappa shape index (κ3) is 10.2. The van der Waals surface area contributed by atoms with Crippen LogP contribution in [0, 0.1) is 20.8 Å². The first-order chi connectivity index (χ1) is 46.0. The first kappa shape index (κ1) is 59.5. The Hall–Kier alpha value is -10.9. The first-order valence-electron chi connectivity index (χ1n) is 32.4. The molecule has 4 nitrogen and oxygen atoms in total. The van der Waals surface area contributed by atoms with Gasteiger partial charge in [0.2, 0.25) is 0 Å². The molecule has 18 rings (SSSR count). The van der Waals surface area contributed by atoms with E-state index >= 15 is 0 Å². The summed E-state index contributed by atoms with van der Waals surface area (Å²) in [7, 11) is 1.64. The molecule has 0 bridgehead atoms. The number of hydrogen-bond acceptors (Lipinski definition) is 3. The number of nitrogens with zero attached hydrogens (tertiary/aromatic N) is 4. The average molecular weight is 1230 g/mol. The second-order valence-electron chi connectivity index (χ2n) is 25.3. The third-order valence-corrected chi connectivity index (χ3v) is 20.4. The maximum atomic E-state index is 5.56. The number of para-hydroxylation sites is 3. The maximum Gasteiger partial charge on any atom is 0.115 e. The van der Waals surface area contributed by atoms with Crippen molar-refractivity contribution in [3.05, 3.63) is 324 Å². The van der Waals surface area contributed by atoms with Gasteiger partial charge in [-0.05, 0) is 177 Å². The maximum absolute atomic E-state index is 5.56. The van der Waals surface area contributed by atoms with Crippen LogP contribution >= 0.6 is 11.8 Å². The molecule has 0 atom stereocenters. The second kappa shape index (κ2) is 24.6. The van der Waals surface area contributed by atoms with Gasteiger partial charge in [-0.15, -0.1) is 11.8 Å². The Morgan fingerprint density at radius 3 is 1.62 bits per heavy atom. The number of benzene rings is 13. The van der Waals surface area contributed by atoms with E-state index in [0.717, 1.165) is 22.4 Å². The Morgan fingerprint density at radius 2 is 0.936 bits per heavy atom. The van der Waals surface area contributed by atoms with Crippen LogP contribution in [0.4, 0.5) is 0 Å². The van der Waals surface area contributed by atoms with Crippen LogP contribution < -0.4 is 0 Å². The largest absolute Gasteiger partial charge is 0.320 e. The standard InChI is InChI=1S/C71H47N3.C8H10S.C8H10.C2H5N/c1-71(2)61-41-48(32-35-52(61)55-36-31-46-33-38-65-67(66(46)68(55)71)58-24-14-23-57-53-20-11-13-26-64(53)74(65)70(57)58)45-29-27-44(28-30-45)47-34-37-63-59(40-47)54-21-10-12-25-62(54)73(63)42-72-69-56-22-9-8-18-50(56)49-17-6-7-19-51(49)60(69)39-43-15-4-3-5-16-43;1-7-5-3-4-6-8(7)9-2;1-7-5-3-4-6-8(7)2;1-3-2/h3-41H,42H2,1-2H3;3-6H,1-2H3;3-6H,1-2H3;1H2,2H3/b60-39+,72-69-;;;. The minimum Gasteiger partial charge on any atom is -0.320 e. The van der Waals surface area contributed by atoms with Crippen molar-refractivity contribution in [3.63, 3.8) is 0 Å². The van der Waals surface area contributed by atoms with Crippen molar-refractivity contribution in [2.75, 3.05) is 13.3 Å². The molecule has 0 saturated carbocycles. The fraction of sp³-hybridized carbons (Fsp3) is 0.101. The molecule has 0 fully saturated rings. The van der Waals surface area contributed by atoms with E-state index in [1.807, 2.05) is 0 Å². The molecule has 0 spiro atoms. The number of fused-ring (bicyclic) bond motifs is 18. The molecule has 16 aromatic rings. The predicted molar refractivity (Wildman–Crippen MR) is 407 cm³/mol. The normalized spacial score (nSPS) is 13.5. The molecule has 3 heterocycles. The summed E-state index contributed by atoms with van der Waals surface area (Å²) in [5.41, 5.74) is 28.6. The van der Waals surface area contributed by atoms with Gasteiger partial charge in [-0.1, -0.05) is 250 Å². The molecule has 0 amide bonds. The van der Waals surface area contributed by atoms with Gasteiger partial charge in [0, 0.05) is 60.8 Å². The second-order valence-corrected chi connectivity index (χ2v) is 26.2. The van der Waals surface area contributed by atoms with Gasteiger partial charge in [-0.3, -0.25) is 4.99 Å². The summed E-state index contributed by atoms with van der Waals surface area (Å²) in [4.78, 5) is 10.2. The lowest BCUT2D eigenvalue weighted by atomic mass is 9.79. The van der Waals surface area contributed by atoms with E-state index in [0.29, 0.717) is 6.67 Å². The molecular weight excluding hydrogens is 1160 g/mol. The number of thioether (sulfide) groups is 1. The Kier molecular flexibility index (Phi) is 15.6. The minimum atomic E-state index is -0.212. The summed E-state index contributed by atoms with van der Waals surface area (Å²) in [6.07, 6.45) is 4.40. The van der Waals surface area contributed by atoms with Crippen LogP contribution in [0.2, 0.25) is 0 Å². The molecule has 3 aromatic heterocycles. The van der Waals surface area contributed by atoms with Gasteiger partial charge in [0.25, 0.3) is 0 Å². The zero-order valence-corrected chi connectivity index (χ0v) is 55.1. The van der Waals surface area contributed by atoms with Crippen LogP contribution in [0.1, 0.15) is 58.4 Å². The van der Waals surface area contributed by atoms with Gasteiger partial charge in [-0.2, -0.15) is 0 Å². The third-order valence-electron chi connectivity index (χ3n) is 19.5. The van der Waals surface area contributed by atoms with Crippen LogP contribution in [-0.4, -0.2) is 34.7 Å². The molecule has 0 saturated heterocycles. The average Bonchev–Trinajstić information content (AvgIpc) is 1.52. The van der Waals surface area contributed by atoms with Crippen LogP contribution in [0.5, 0.6) is 0 Å². The van der Waals surface area contributed by atoms with Crippen LogP contribution in [0.25, 0.3) is 127 Å². The van der Waals surface area contributed by atoms with E-state index in [1.54, 1.807) is 18.8 Å². The topological polar surface area (TPSA) is 34.1 Å². The zero-order valence-electron chi connectivity index (χ0n) is 54.2. The van der Waals surface area contributed by atoms with Crippen molar-refractivity contribution in [1.29, 1.82) is 0 Å². The quantitative estimate of drug-likeness (QED) is 0.121. The highest BCUT2D eigenvalue weighted by Crippen LogP contribution is 2.55. The van der Waals surface area contributed by atoms with Gasteiger partial charge < -0.3 is 14.0 Å². The summed E-state index contributed by atoms with van der Waals surface area (Å²) < 4.78 is 4.90. The van der Waals surface area contributed by atoms with E-state index in [9.17, 15) is 0 Å². The number of allylic oxidation sites excluding steroid dienone is 1.